The summed E-state index contributed by atoms with van der Waals surface area (Å²) in [6.07, 6.45) is 0. The van der Waals surface area contributed by atoms with Crippen LogP contribution in [0.4, 0.5) is 0 Å². The summed E-state index contributed by atoms with van der Waals surface area (Å²) >= 11 is 3.43. The van der Waals surface area contributed by atoms with E-state index in [1.807, 2.05) is 43.3 Å². The van der Waals surface area contributed by atoms with Gasteiger partial charge in [-0.3, -0.25) is 0 Å². The molecule has 0 bridgehead atoms. The van der Waals surface area contributed by atoms with Crippen LogP contribution in [0.25, 0.3) is 0 Å². The van der Waals surface area contributed by atoms with Crippen molar-refractivity contribution in [2.75, 3.05) is 7.11 Å². The summed E-state index contributed by atoms with van der Waals surface area (Å²) in [7, 11) is 1.63. The molecule has 3 nitrogen and oxygen atoms in total. The van der Waals surface area contributed by atoms with E-state index in [9.17, 15) is 0 Å². The first-order chi connectivity index (χ1) is 8.19. The molecular formula is C13H12BrNO2. The number of hydrogen-bond acceptors (Lipinski definition) is 3. The van der Waals surface area contributed by atoms with Gasteiger partial charge in [-0.05, 0) is 47.1 Å². The van der Waals surface area contributed by atoms with Crippen molar-refractivity contribution in [2.45, 2.75) is 6.92 Å². The predicted molar refractivity (Wildman–Crippen MR) is 69.7 cm³/mol. The number of rotatable bonds is 3. The van der Waals surface area contributed by atoms with Crippen molar-refractivity contribution < 1.29 is 9.47 Å². The largest absolute Gasteiger partial charge is 0.497 e. The minimum atomic E-state index is 0.580. The van der Waals surface area contributed by atoms with Gasteiger partial charge in [0, 0.05) is 11.8 Å². The standard InChI is InChI=1S/C13H12BrNO2/c1-9-4-3-5-13(15-9)17-12-7-6-10(16-2)8-11(12)14/h3-8H,1-2H3. The highest BCUT2D eigenvalue weighted by Crippen LogP contribution is 2.31. The molecule has 0 aliphatic carbocycles. The Balaban J connectivity index is 2.24. The predicted octanol–water partition coefficient (Wildman–Crippen LogP) is 3.95. The van der Waals surface area contributed by atoms with Crippen LogP contribution in [0.15, 0.2) is 40.9 Å². The summed E-state index contributed by atoms with van der Waals surface area (Å²) in [6, 6.07) is 11.2. The van der Waals surface area contributed by atoms with Gasteiger partial charge in [0.05, 0.1) is 11.6 Å². The molecule has 0 fully saturated rings. The van der Waals surface area contributed by atoms with Gasteiger partial charge in [-0.2, -0.15) is 0 Å². The SMILES string of the molecule is COc1ccc(Oc2cccc(C)n2)c(Br)c1. The topological polar surface area (TPSA) is 31.4 Å². The first-order valence-corrected chi connectivity index (χ1v) is 5.93. The molecule has 4 heteroatoms. The van der Waals surface area contributed by atoms with E-state index in [1.165, 1.54) is 0 Å². The van der Waals surface area contributed by atoms with E-state index in [4.69, 9.17) is 9.47 Å². The van der Waals surface area contributed by atoms with Crippen molar-refractivity contribution in [3.63, 3.8) is 0 Å². The van der Waals surface area contributed by atoms with Crippen LogP contribution in [0.5, 0.6) is 17.4 Å². The third kappa shape index (κ3) is 2.97. The van der Waals surface area contributed by atoms with E-state index >= 15 is 0 Å². The van der Waals surface area contributed by atoms with E-state index in [0.29, 0.717) is 11.6 Å². The van der Waals surface area contributed by atoms with Crippen LogP contribution >= 0.6 is 15.9 Å². The van der Waals surface area contributed by atoms with Crippen LogP contribution in [-0.2, 0) is 0 Å². The molecule has 17 heavy (non-hydrogen) atoms. The number of halogens is 1. The fraction of sp³-hybridized carbons (Fsp3) is 0.154. The molecule has 2 rings (SSSR count). The highest BCUT2D eigenvalue weighted by atomic mass is 79.9. The third-order valence-electron chi connectivity index (χ3n) is 2.22. The number of benzene rings is 1. The van der Waals surface area contributed by atoms with E-state index in [1.54, 1.807) is 7.11 Å². The van der Waals surface area contributed by atoms with Crippen LogP contribution in [-0.4, -0.2) is 12.1 Å². The Kier molecular flexibility index (Phi) is 3.64. The van der Waals surface area contributed by atoms with Crippen LogP contribution in [0, 0.1) is 6.92 Å². The number of aromatic nitrogens is 1. The number of methoxy groups -OCH3 is 1. The first kappa shape index (κ1) is 11.9. The highest BCUT2D eigenvalue weighted by molar-refractivity contribution is 9.10. The molecule has 0 amide bonds. The summed E-state index contributed by atoms with van der Waals surface area (Å²) in [5, 5.41) is 0. The summed E-state index contributed by atoms with van der Waals surface area (Å²) in [6.45, 7) is 1.93. The number of pyridine rings is 1. The molecule has 0 atom stereocenters. The molecule has 0 saturated carbocycles. The smallest absolute Gasteiger partial charge is 0.219 e. The van der Waals surface area contributed by atoms with Gasteiger partial charge in [-0.1, -0.05) is 6.07 Å². The van der Waals surface area contributed by atoms with E-state index in [-0.39, 0.29) is 0 Å². The van der Waals surface area contributed by atoms with Crippen LogP contribution in [0.3, 0.4) is 0 Å². The summed E-state index contributed by atoms with van der Waals surface area (Å²) in [4.78, 5) is 4.28. The minimum Gasteiger partial charge on any atom is -0.497 e. The first-order valence-electron chi connectivity index (χ1n) is 5.14. The molecule has 0 spiro atoms. The Morgan fingerprint density at radius 2 is 2.00 bits per heavy atom. The Bertz CT molecular complexity index is 529. The second-order valence-corrected chi connectivity index (χ2v) is 4.37. The van der Waals surface area contributed by atoms with E-state index < -0.39 is 0 Å². The summed E-state index contributed by atoms with van der Waals surface area (Å²) in [5.74, 6) is 2.07. The second kappa shape index (κ2) is 5.19. The van der Waals surface area contributed by atoms with Gasteiger partial charge in [0.15, 0.2) is 0 Å². The molecule has 0 radical (unpaired) electrons. The lowest BCUT2D eigenvalue weighted by atomic mass is 10.3. The Labute approximate surface area is 109 Å². The van der Waals surface area contributed by atoms with Crippen molar-refractivity contribution in [2.24, 2.45) is 0 Å². The van der Waals surface area contributed by atoms with Gasteiger partial charge in [-0.25, -0.2) is 4.98 Å². The quantitative estimate of drug-likeness (QED) is 0.858. The van der Waals surface area contributed by atoms with Crippen molar-refractivity contribution in [3.8, 4) is 17.4 Å². The normalized spacial score (nSPS) is 10.1. The number of nitrogens with zero attached hydrogens (tertiary/aromatic N) is 1. The van der Waals surface area contributed by atoms with Crippen molar-refractivity contribution in [1.29, 1.82) is 0 Å². The van der Waals surface area contributed by atoms with Gasteiger partial charge in [0.2, 0.25) is 5.88 Å². The minimum absolute atomic E-state index is 0.580. The van der Waals surface area contributed by atoms with Crippen molar-refractivity contribution in [3.05, 3.63) is 46.6 Å². The maximum absolute atomic E-state index is 5.68. The van der Waals surface area contributed by atoms with Crippen molar-refractivity contribution in [1.82, 2.24) is 4.98 Å². The van der Waals surface area contributed by atoms with Crippen molar-refractivity contribution >= 4 is 15.9 Å². The van der Waals surface area contributed by atoms with Gasteiger partial charge in [0.1, 0.15) is 11.5 Å². The van der Waals surface area contributed by atoms with Gasteiger partial charge < -0.3 is 9.47 Å². The van der Waals surface area contributed by atoms with E-state index in [2.05, 4.69) is 20.9 Å². The Hall–Kier alpha value is -1.55. The molecule has 0 aliphatic rings. The molecule has 0 unspecified atom stereocenters. The maximum atomic E-state index is 5.68. The summed E-state index contributed by atoms with van der Waals surface area (Å²) < 4.78 is 11.6. The fourth-order valence-corrected chi connectivity index (χ4v) is 1.82. The lowest BCUT2D eigenvalue weighted by Crippen LogP contribution is -1.91. The molecule has 0 saturated heterocycles. The lowest BCUT2D eigenvalue weighted by Gasteiger charge is -2.08. The molecule has 88 valence electrons. The van der Waals surface area contributed by atoms with Crippen LogP contribution in [0.1, 0.15) is 5.69 Å². The summed E-state index contributed by atoms with van der Waals surface area (Å²) in [5.41, 5.74) is 0.923. The highest BCUT2D eigenvalue weighted by Gasteiger charge is 2.05. The molecule has 2 aromatic rings. The average Bonchev–Trinajstić information content (AvgIpc) is 2.32. The number of ether oxygens (including phenoxy) is 2. The molecular weight excluding hydrogens is 282 g/mol. The molecule has 0 aliphatic heterocycles. The monoisotopic (exact) mass is 293 g/mol. The average molecular weight is 294 g/mol. The second-order valence-electron chi connectivity index (χ2n) is 3.52. The Morgan fingerprint density at radius 3 is 2.65 bits per heavy atom. The van der Waals surface area contributed by atoms with E-state index in [0.717, 1.165) is 15.9 Å². The maximum Gasteiger partial charge on any atom is 0.219 e. The molecule has 1 aromatic heterocycles. The zero-order chi connectivity index (χ0) is 12.3. The lowest BCUT2D eigenvalue weighted by molar-refractivity contribution is 0.411. The number of hydrogen-bond donors (Lipinski definition) is 0. The van der Waals surface area contributed by atoms with Gasteiger partial charge in [0.25, 0.3) is 0 Å². The molecule has 1 aromatic carbocycles. The fourth-order valence-electron chi connectivity index (χ4n) is 1.38. The zero-order valence-electron chi connectivity index (χ0n) is 9.61. The van der Waals surface area contributed by atoms with Gasteiger partial charge in [-0.15, -0.1) is 0 Å². The third-order valence-corrected chi connectivity index (χ3v) is 2.84. The molecule has 0 N–H and O–H groups in total. The van der Waals surface area contributed by atoms with Gasteiger partial charge >= 0.3 is 0 Å². The van der Waals surface area contributed by atoms with Crippen LogP contribution in [0.2, 0.25) is 0 Å². The zero-order valence-corrected chi connectivity index (χ0v) is 11.2. The van der Waals surface area contributed by atoms with Crippen LogP contribution < -0.4 is 9.47 Å². The molecule has 1 heterocycles. The number of aryl methyl sites for hydroxylation is 1. The Morgan fingerprint density at radius 1 is 1.18 bits per heavy atom.